The third-order valence-electron chi connectivity index (χ3n) is 2.94. The largest absolute Gasteiger partial charge is 0.326 e. The molecule has 2 rings (SSSR count). The highest BCUT2D eigenvalue weighted by Gasteiger charge is 2.20. The van der Waals surface area contributed by atoms with E-state index in [-0.39, 0.29) is 17.2 Å². The molecule has 0 aliphatic rings. The van der Waals surface area contributed by atoms with Gasteiger partial charge in [0.05, 0.1) is 11.3 Å². The summed E-state index contributed by atoms with van der Waals surface area (Å²) in [5.41, 5.74) is 1.25. The average molecular weight is 271 g/mol. The first-order valence-electron chi connectivity index (χ1n) is 6.17. The Bertz CT molecular complexity index is 680. The predicted molar refractivity (Wildman–Crippen MR) is 75.3 cm³/mol. The molecule has 1 N–H and O–H groups in total. The van der Waals surface area contributed by atoms with Crippen LogP contribution in [0.4, 0.5) is 10.1 Å². The van der Waals surface area contributed by atoms with Crippen LogP contribution in [0, 0.1) is 12.7 Å². The second-order valence-electron chi connectivity index (χ2n) is 4.49. The lowest BCUT2D eigenvalue weighted by Gasteiger charge is -2.11. The summed E-state index contributed by atoms with van der Waals surface area (Å²) in [6, 6.07) is 11.1. The summed E-state index contributed by atoms with van der Waals surface area (Å²) in [5.74, 6) is -1.44. The molecule has 0 aliphatic heterocycles. The van der Waals surface area contributed by atoms with Gasteiger partial charge in [-0.25, -0.2) is 4.39 Å². The lowest BCUT2D eigenvalue weighted by molar-refractivity contribution is -0.114. The molecule has 0 aromatic heterocycles. The highest BCUT2D eigenvalue weighted by atomic mass is 19.1. The number of halogens is 1. The molecule has 0 spiro atoms. The monoisotopic (exact) mass is 271 g/mol. The molecule has 0 atom stereocenters. The Morgan fingerprint density at radius 1 is 1.05 bits per heavy atom. The second kappa shape index (κ2) is 5.65. The van der Waals surface area contributed by atoms with Crippen LogP contribution in [0.2, 0.25) is 0 Å². The average Bonchev–Trinajstić information content (AvgIpc) is 2.38. The van der Waals surface area contributed by atoms with E-state index in [0.717, 1.165) is 5.56 Å². The van der Waals surface area contributed by atoms with Crippen LogP contribution >= 0.6 is 0 Å². The van der Waals surface area contributed by atoms with Crippen molar-refractivity contribution in [2.75, 3.05) is 5.32 Å². The number of hydrogen-bond donors (Lipinski definition) is 1. The normalized spacial score (nSPS) is 10.2. The quantitative estimate of drug-likeness (QED) is 0.870. The van der Waals surface area contributed by atoms with Crippen LogP contribution in [0.25, 0.3) is 0 Å². The van der Waals surface area contributed by atoms with Crippen molar-refractivity contribution in [1.29, 1.82) is 0 Å². The van der Waals surface area contributed by atoms with Crippen molar-refractivity contribution in [2.24, 2.45) is 0 Å². The van der Waals surface area contributed by atoms with Gasteiger partial charge in [0.1, 0.15) is 5.82 Å². The van der Waals surface area contributed by atoms with E-state index >= 15 is 0 Å². The molecule has 20 heavy (non-hydrogen) atoms. The summed E-state index contributed by atoms with van der Waals surface area (Å²) in [6.45, 7) is 3.10. The van der Waals surface area contributed by atoms with Gasteiger partial charge in [-0.15, -0.1) is 0 Å². The first kappa shape index (κ1) is 13.9. The Balaban J connectivity index is 2.54. The molecule has 0 heterocycles. The van der Waals surface area contributed by atoms with Gasteiger partial charge in [-0.1, -0.05) is 30.3 Å². The lowest BCUT2D eigenvalue weighted by atomic mass is 9.97. The summed E-state index contributed by atoms with van der Waals surface area (Å²) >= 11 is 0. The fourth-order valence-electron chi connectivity index (χ4n) is 2.01. The second-order valence-corrected chi connectivity index (χ2v) is 4.49. The molecule has 1 amide bonds. The van der Waals surface area contributed by atoms with Gasteiger partial charge in [0, 0.05) is 12.5 Å². The van der Waals surface area contributed by atoms with Gasteiger partial charge in [-0.05, 0) is 24.6 Å². The number of nitrogens with one attached hydrogen (secondary N) is 1. The van der Waals surface area contributed by atoms with Crippen LogP contribution in [-0.4, -0.2) is 11.7 Å². The summed E-state index contributed by atoms with van der Waals surface area (Å²) in [7, 11) is 0. The number of rotatable bonds is 3. The van der Waals surface area contributed by atoms with E-state index in [0.29, 0.717) is 5.56 Å². The Kier molecular flexibility index (Phi) is 3.94. The number of ketones is 1. The smallest absolute Gasteiger partial charge is 0.221 e. The van der Waals surface area contributed by atoms with Crippen molar-refractivity contribution in [3.05, 3.63) is 65.0 Å². The van der Waals surface area contributed by atoms with Crippen LogP contribution in [0.15, 0.2) is 42.5 Å². The number of carbonyl (C=O) groups excluding carboxylic acids is 2. The minimum Gasteiger partial charge on any atom is -0.326 e. The van der Waals surface area contributed by atoms with Gasteiger partial charge < -0.3 is 5.32 Å². The summed E-state index contributed by atoms with van der Waals surface area (Å²) < 4.78 is 14.0. The van der Waals surface area contributed by atoms with E-state index in [1.54, 1.807) is 25.1 Å². The first-order valence-corrected chi connectivity index (χ1v) is 6.17. The Labute approximate surface area is 116 Å². The highest BCUT2D eigenvalue weighted by Crippen LogP contribution is 2.24. The Morgan fingerprint density at radius 2 is 1.75 bits per heavy atom. The van der Waals surface area contributed by atoms with E-state index in [9.17, 15) is 14.0 Å². The summed E-state index contributed by atoms with van der Waals surface area (Å²) in [6.07, 6.45) is 0. The number of carbonyl (C=O) groups is 2. The fourth-order valence-corrected chi connectivity index (χ4v) is 2.01. The van der Waals surface area contributed by atoms with E-state index in [1.165, 1.54) is 25.1 Å². The molecular weight excluding hydrogens is 257 g/mol. The van der Waals surface area contributed by atoms with Crippen LogP contribution in [0.3, 0.4) is 0 Å². The number of aryl methyl sites for hydroxylation is 1. The third-order valence-corrected chi connectivity index (χ3v) is 2.94. The molecule has 0 unspecified atom stereocenters. The van der Waals surface area contributed by atoms with Crippen molar-refractivity contribution in [3.63, 3.8) is 0 Å². The van der Waals surface area contributed by atoms with Crippen LogP contribution in [-0.2, 0) is 4.79 Å². The van der Waals surface area contributed by atoms with Crippen molar-refractivity contribution in [1.82, 2.24) is 0 Å². The standard InChI is InChI=1S/C16H14FNO2/c1-10-6-3-4-7-12(10)16(20)15-13(17)8-5-9-14(15)18-11(2)19/h3-9H,1-2H3,(H,18,19). The number of benzene rings is 2. The van der Waals surface area contributed by atoms with Gasteiger partial charge in [0.15, 0.2) is 5.78 Å². The zero-order valence-electron chi connectivity index (χ0n) is 11.2. The summed E-state index contributed by atoms with van der Waals surface area (Å²) in [5, 5.41) is 2.48. The molecule has 0 saturated carbocycles. The van der Waals surface area contributed by atoms with Crippen LogP contribution in [0.1, 0.15) is 28.4 Å². The molecule has 102 valence electrons. The highest BCUT2D eigenvalue weighted by molar-refractivity contribution is 6.14. The molecule has 0 bridgehead atoms. The van der Waals surface area contributed by atoms with Crippen LogP contribution < -0.4 is 5.32 Å². The molecule has 4 heteroatoms. The van der Waals surface area contributed by atoms with Gasteiger partial charge in [0.25, 0.3) is 0 Å². The minimum absolute atomic E-state index is 0.114. The lowest BCUT2D eigenvalue weighted by Crippen LogP contribution is -2.14. The Morgan fingerprint density at radius 3 is 2.40 bits per heavy atom. The topological polar surface area (TPSA) is 46.2 Å². The number of hydrogen-bond acceptors (Lipinski definition) is 2. The maximum absolute atomic E-state index is 14.0. The first-order chi connectivity index (χ1) is 9.50. The van der Waals surface area contributed by atoms with E-state index < -0.39 is 11.6 Å². The third kappa shape index (κ3) is 2.74. The molecular formula is C16H14FNO2. The molecule has 2 aromatic carbocycles. The van der Waals surface area contributed by atoms with Gasteiger partial charge >= 0.3 is 0 Å². The fraction of sp³-hybridized carbons (Fsp3) is 0.125. The van der Waals surface area contributed by atoms with Gasteiger partial charge in [-0.3, -0.25) is 9.59 Å². The van der Waals surface area contributed by atoms with E-state index in [4.69, 9.17) is 0 Å². The predicted octanol–water partition coefficient (Wildman–Crippen LogP) is 3.32. The van der Waals surface area contributed by atoms with Crippen molar-refractivity contribution < 1.29 is 14.0 Å². The Hall–Kier alpha value is -2.49. The SMILES string of the molecule is CC(=O)Nc1cccc(F)c1C(=O)c1ccccc1C. The van der Waals surface area contributed by atoms with Gasteiger partial charge in [0.2, 0.25) is 5.91 Å². The minimum atomic E-state index is -0.649. The summed E-state index contributed by atoms with van der Waals surface area (Å²) in [4.78, 5) is 23.7. The molecule has 0 radical (unpaired) electrons. The van der Waals surface area contributed by atoms with E-state index in [1.807, 2.05) is 6.07 Å². The molecule has 2 aromatic rings. The number of anilines is 1. The molecule has 3 nitrogen and oxygen atoms in total. The van der Waals surface area contributed by atoms with Crippen LogP contribution in [0.5, 0.6) is 0 Å². The molecule has 0 aliphatic carbocycles. The van der Waals surface area contributed by atoms with Gasteiger partial charge in [-0.2, -0.15) is 0 Å². The zero-order chi connectivity index (χ0) is 14.7. The zero-order valence-corrected chi connectivity index (χ0v) is 11.2. The maximum atomic E-state index is 14.0. The number of amides is 1. The molecule has 0 saturated heterocycles. The maximum Gasteiger partial charge on any atom is 0.221 e. The van der Waals surface area contributed by atoms with E-state index in [2.05, 4.69) is 5.32 Å². The van der Waals surface area contributed by atoms with Crippen molar-refractivity contribution in [2.45, 2.75) is 13.8 Å². The van der Waals surface area contributed by atoms with Crippen molar-refractivity contribution in [3.8, 4) is 0 Å². The molecule has 0 fully saturated rings. The van der Waals surface area contributed by atoms with Crippen molar-refractivity contribution >= 4 is 17.4 Å².